The second kappa shape index (κ2) is 10.5. The summed E-state index contributed by atoms with van der Waals surface area (Å²) in [6.07, 6.45) is 3.67. The van der Waals surface area contributed by atoms with Gasteiger partial charge in [0, 0.05) is 40.1 Å². The third kappa shape index (κ3) is 4.44. The number of aromatic nitrogens is 4. The van der Waals surface area contributed by atoms with Crippen LogP contribution in [0.15, 0.2) is 146 Å². The topological polar surface area (TPSA) is 51.6 Å². The summed E-state index contributed by atoms with van der Waals surface area (Å²) < 4.78 is 0. The summed E-state index contributed by atoms with van der Waals surface area (Å²) in [6, 6.07) is 47.0. The van der Waals surface area contributed by atoms with Crippen molar-refractivity contribution < 1.29 is 0 Å². The number of fused-ring (bicyclic) bond motifs is 6. The minimum absolute atomic E-state index is 0.0742. The lowest BCUT2D eigenvalue weighted by Crippen LogP contribution is -2.14. The molecule has 0 amide bonds. The fraction of sp³-hybridized carbons (Fsp3) is 0.0698. The molecule has 0 saturated carbocycles. The summed E-state index contributed by atoms with van der Waals surface area (Å²) in [5, 5.41) is 4.85. The highest BCUT2D eigenvalue weighted by molar-refractivity contribution is 6.10. The number of rotatable bonds is 4. The average Bonchev–Trinajstić information content (AvgIpc) is 3.36. The van der Waals surface area contributed by atoms with Crippen molar-refractivity contribution in [3.63, 3.8) is 0 Å². The Labute approximate surface area is 273 Å². The zero-order valence-electron chi connectivity index (χ0n) is 26.1. The summed E-state index contributed by atoms with van der Waals surface area (Å²) >= 11 is 0. The lowest BCUT2D eigenvalue weighted by atomic mass is 9.81. The monoisotopic (exact) mass is 602 g/mol. The van der Waals surface area contributed by atoms with Gasteiger partial charge >= 0.3 is 0 Å². The molecule has 2 aromatic heterocycles. The van der Waals surface area contributed by atoms with Crippen LogP contribution in [-0.2, 0) is 5.41 Å². The number of nitrogens with zero attached hydrogens (tertiary/aromatic N) is 4. The SMILES string of the molecule is CC1(C)c2ccccc2-c2cc3ccc4ccc(-c5nc(-c6ccccc6)nc(-c6ccccc6-c6cccnc6)n5)cc4c3cc21. The van der Waals surface area contributed by atoms with E-state index in [2.05, 4.69) is 104 Å². The van der Waals surface area contributed by atoms with Crippen molar-refractivity contribution in [3.8, 4) is 56.4 Å². The van der Waals surface area contributed by atoms with Crippen molar-refractivity contribution in [2.24, 2.45) is 0 Å². The number of benzene rings is 6. The van der Waals surface area contributed by atoms with Crippen LogP contribution in [0.1, 0.15) is 25.0 Å². The van der Waals surface area contributed by atoms with Gasteiger partial charge in [0.1, 0.15) is 0 Å². The molecule has 0 aliphatic heterocycles. The van der Waals surface area contributed by atoms with E-state index in [0.717, 1.165) is 27.8 Å². The molecule has 47 heavy (non-hydrogen) atoms. The predicted octanol–water partition coefficient (Wildman–Crippen LogP) is 10.5. The molecule has 0 radical (unpaired) electrons. The Balaban J connectivity index is 1.26. The van der Waals surface area contributed by atoms with Gasteiger partial charge in [0.2, 0.25) is 0 Å². The molecule has 0 bridgehead atoms. The fourth-order valence-corrected chi connectivity index (χ4v) is 7.18. The minimum atomic E-state index is -0.0742. The zero-order chi connectivity index (χ0) is 31.5. The fourth-order valence-electron chi connectivity index (χ4n) is 7.18. The quantitative estimate of drug-likeness (QED) is 0.188. The smallest absolute Gasteiger partial charge is 0.164 e. The van der Waals surface area contributed by atoms with Crippen LogP contribution in [0.25, 0.3) is 78.0 Å². The van der Waals surface area contributed by atoms with Gasteiger partial charge in [-0.3, -0.25) is 4.98 Å². The summed E-state index contributed by atoms with van der Waals surface area (Å²) in [5.74, 6) is 1.91. The Hall–Kier alpha value is -6.00. The molecule has 6 aromatic carbocycles. The normalized spacial score (nSPS) is 13.1. The summed E-state index contributed by atoms with van der Waals surface area (Å²) in [4.78, 5) is 19.6. The van der Waals surface area contributed by atoms with Crippen molar-refractivity contribution in [3.05, 3.63) is 157 Å². The number of hydrogen-bond acceptors (Lipinski definition) is 4. The molecule has 0 fully saturated rings. The Morgan fingerprint density at radius 3 is 1.87 bits per heavy atom. The highest BCUT2D eigenvalue weighted by Crippen LogP contribution is 2.50. The van der Waals surface area contributed by atoms with Crippen molar-refractivity contribution >= 4 is 21.5 Å². The van der Waals surface area contributed by atoms with Crippen LogP contribution in [0.5, 0.6) is 0 Å². The summed E-state index contributed by atoms with van der Waals surface area (Å²) in [7, 11) is 0. The van der Waals surface area contributed by atoms with Gasteiger partial charge in [0.25, 0.3) is 0 Å². The van der Waals surface area contributed by atoms with Gasteiger partial charge in [-0.1, -0.05) is 123 Å². The van der Waals surface area contributed by atoms with Gasteiger partial charge in [0.05, 0.1) is 0 Å². The summed E-state index contributed by atoms with van der Waals surface area (Å²) in [6.45, 7) is 4.67. The number of hydrogen-bond donors (Lipinski definition) is 0. The first-order valence-corrected chi connectivity index (χ1v) is 16.0. The van der Waals surface area contributed by atoms with Crippen LogP contribution in [-0.4, -0.2) is 19.9 Å². The lowest BCUT2D eigenvalue weighted by molar-refractivity contribution is 0.661. The van der Waals surface area contributed by atoms with Crippen molar-refractivity contribution in [1.29, 1.82) is 0 Å². The van der Waals surface area contributed by atoms with E-state index in [4.69, 9.17) is 15.0 Å². The van der Waals surface area contributed by atoms with E-state index in [1.807, 2.05) is 54.7 Å². The molecule has 2 heterocycles. The highest BCUT2D eigenvalue weighted by Gasteiger charge is 2.35. The molecule has 0 atom stereocenters. The Kier molecular flexibility index (Phi) is 6.12. The summed E-state index contributed by atoms with van der Waals surface area (Å²) in [5.41, 5.74) is 10.2. The molecule has 222 valence electrons. The van der Waals surface area contributed by atoms with Crippen LogP contribution in [0, 0.1) is 0 Å². The highest BCUT2D eigenvalue weighted by atomic mass is 15.0. The van der Waals surface area contributed by atoms with E-state index in [0.29, 0.717) is 17.5 Å². The Morgan fingerprint density at radius 1 is 0.426 bits per heavy atom. The maximum atomic E-state index is 5.14. The van der Waals surface area contributed by atoms with Gasteiger partial charge in [-0.25, -0.2) is 15.0 Å². The molecule has 4 nitrogen and oxygen atoms in total. The van der Waals surface area contributed by atoms with Crippen LogP contribution in [0.3, 0.4) is 0 Å². The molecule has 0 saturated heterocycles. The molecule has 0 unspecified atom stereocenters. The molecule has 0 spiro atoms. The predicted molar refractivity (Wildman–Crippen MR) is 192 cm³/mol. The molecule has 0 N–H and O–H groups in total. The van der Waals surface area contributed by atoms with E-state index < -0.39 is 0 Å². The number of pyridine rings is 1. The van der Waals surface area contributed by atoms with E-state index in [-0.39, 0.29) is 5.41 Å². The second-order valence-corrected chi connectivity index (χ2v) is 12.8. The zero-order valence-corrected chi connectivity index (χ0v) is 26.1. The maximum absolute atomic E-state index is 5.14. The molecule has 8 aromatic rings. The first-order chi connectivity index (χ1) is 23.0. The third-order valence-electron chi connectivity index (χ3n) is 9.61. The molecule has 4 heteroatoms. The third-order valence-corrected chi connectivity index (χ3v) is 9.61. The molecule has 1 aliphatic rings. The van der Waals surface area contributed by atoms with Crippen LogP contribution < -0.4 is 0 Å². The van der Waals surface area contributed by atoms with Crippen molar-refractivity contribution in [2.75, 3.05) is 0 Å². The van der Waals surface area contributed by atoms with E-state index in [1.54, 1.807) is 6.20 Å². The first kappa shape index (κ1) is 27.3. The van der Waals surface area contributed by atoms with Gasteiger partial charge in [-0.05, 0) is 73.6 Å². The van der Waals surface area contributed by atoms with Gasteiger partial charge in [-0.2, -0.15) is 0 Å². The standard InChI is InChI=1S/C43H30N4/c1-43(2)38-17-9-8-15-33(38)37-23-29-20-18-27-19-21-30(24-35(27)36(29)25-39(37)43)41-45-40(28-11-4-3-5-12-28)46-42(47-41)34-16-7-6-14-32(34)31-13-10-22-44-26-31/h3-26H,1-2H3. The average molecular weight is 603 g/mol. The van der Waals surface area contributed by atoms with Crippen LogP contribution >= 0.6 is 0 Å². The first-order valence-electron chi connectivity index (χ1n) is 16.0. The van der Waals surface area contributed by atoms with Gasteiger partial charge < -0.3 is 0 Å². The molecular weight excluding hydrogens is 573 g/mol. The Morgan fingerprint density at radius 2 is 1.06 bits per heavy atom. The van der Waals surface area contributed by atoms with Crippen molar-refractivity contribution in [1.82, 2.24) is 19.9 Å². The maximum Gasteiger partial charge on any atom is 0.164 e. The molecular formula is C43H30N4. The van der Waals surface area contributed by atoms with E-state index in [9.17, 15) is 0 Å². The largest absolute Gasteiger partial charge is 0.264 e. The van der Waals surface area contributed by atoms with Crippen LogP contribution in [0.4, 0.5) is 0 Å². The Bertz CT molecular complexity index is 2480. The van der Waals surface area contributed by atoms with Crippen molar-refractivity contribution in [2.45, 2.75) is 19.3 Å². The minimum Gasteiger partial charge on any atom is -0.264 e. The lowest BCUT2D eigenvalue weighted by Gasteiger charge is -2.22. The van der Waals surface area contributed by atoms with E-state index in [1.165, 1.54) is 43.8 Å². The van der Waals surface area contributed by atoms with Gasteiger partial charge in [-0.15, -0.1) is 0 Å². The van der Waals surface area contributed by atoms with E-state index >= 15 is 0 Å². The second-order valence-electron chi connectivity index (χ2n) is 12.8. The van der Waals surface area contributed by atoms with Gasteiger partial charge in [0.15, 0.2) is 17.5 Å². The molecule has 9 rings (SSSR count). The van der Waals surface area contributed by atoms with Crippen LogP contribution in [0.2, 0.25) is 0 Å². The molecule has 1 aliphatic carbocycles.